The lowest BCUT2D eigenvalue weighted by Crippen LogP contribution is -2.23. The summed E-state index contributed by atoms with van der Waals surface area (Å²) in [6, 6.07) is 0.410. The van der Waals surface area contributed by atoms with E-state index in [9.17, 15) is 4.39 Å². The van der Waals surface area contributed by atoms with Gasteiger partial charge in [-0.25, -0.2) is 4.39 Å². The molecule has 0 bridgehead atoms. The van der Waals surface area contributed by atoms with Gasteiger partial charge in [0.05, 0.1) is 12.2 Å². The predicted octanol–water partition coefficient (Wildman–Crippen LogP) is 1.11. The number of alkyl halides is 1. The van der Waals surface area contributed by atoms with Crippen LogP contribution in [0.4, 0.5) is 4.39 Å². The Kier molecular flexibility index (Phi) is 3.27. The second kappa shape index (κ2) is 4.02. The van der Waals surface area contributed by atoms with E-state index >= 15 is 0 Å². The second-order valence-corrected chi connectivity index (χ2v) is 3.21. The van der Waals surface area contributed by atoms with Gasteiger partial charge in [0.25, 0.3) is 0 Å². The zero-order valence-electron chi connectivity index (χ0n) is 7.14. The van der Waals surface area contributed by atoms with Gasteiger partial charge in [-0.05, 0) is 20.3 Å². The summed E-state index contributed by atoms with van der Waals surface area (Å²) in [5.74, 6) is 0. The van der Waals surface area contributed by atoms with Gasteiger partial charge in [-0.3, -0.25) is 0 Å². The Bertz CT molecular complexity index is 119. The van der Waals surface area contributed by atoms with Crippen molar-refractivity contribution in [1.82, 2.24) is 5.32 Å². The smallest absolute Gasteiger partial charge is 0.102 e. The molecule has 11 heavy (non-hydrogen) atoms. The van der Waals surface area contributed by atoms with Gasteiger partial charge < -0.3 is 10.1 Å². The fourth-order valence-electron chi connectivity index (χ4n) is 1.13. The summed E-state index contributed by atoms with van der Waals surface area (Å²) in [5, 5.41) is 3.06. The summed E-state index contributed by atoms with van der Waals surface area (Å²) in [6.45, 7) is 4.21. The van der Waals surface area contributed by atoms with E-state index in [0.29, 0.717) is 18.7 Å². The quantitative estimate of drug-likeness (QED) is 0.652. The number of nitrogens with one attached hydrogen (secondary N) is 1. The highest BCUT2D eigenvalue weighted by Crippen LogP contribution is 2.26. The number of rotatable bonds is 5. The number of hydrogen-bond donors (Lipinski definition) is 1. The Morgan fingerprint density at radius 3 is 2.91 bits per heavy atom. The standard InChI is InChI=1S/C8H16FNO/c1-6(2)11-8-5-7(8)10-4-3-9/h6-8,10H,3-5H2,1-2H3/t7-,8+/m0/s1. The normalized spacial score (nSPS) is 29.5. The molecule has 1 aliphatic rings. The zero-order chi connectivity index (χ0) is 8.27. The van der Waals surface area contributed by atoms with Gasteiger partial charge in [0.2, 0.25) is 0 Å². The molecular formula is C8H16FNO. The molecule has 2 atom stereocenters. The molecule has 0 saturated heterocycles. The van der Waals surface area contributed by atoms with Crippen LogP contribution in [0.15, 0.2) is 0 Å². The number of hydrogen-bond acceptors (Lipinski definition) is 2. The van der Waals surface area contributed by atoms with Crippen LogP contribution in [0.2, 0.25) is 0 Å². The van der Waals surface area contributed by atoms with Crippen molar-refractivity contribution in [3.05, 3.63) is 0 Å². The summed E-state index contributed by atoms with van der Waals surface area (Å²) >= 11 is 0. The van der Waals surface area contributed by atoms with E-state index < -0.39 is 0 Å². The minimum atomic E-state index is -0.287. The molecule has 0 aliphatic heterocycles. The molecule has 0 aromatic rings. The van der Waals surface area contributed by atoms with Crippen molar-refractivity contribution in [1.29, 1.82) is 0 Å². The lowest BCUT2D eigenvalue weighted by Gasteiger charge is -2.06. The van der Waals surface area contributed by atoms with Gasteiger partial charge in [0.1, 0.15) is 6.67 Å². The highest BCUT2D eigenvalue weighted by atomic mass is 19.1. The molecule has 0 spiro atoms. The molecule has 1 aliphatic carbocycles. The van der Waals surface area contributed by atoms with Crippen molar-refractivity contribution in [3.63, 3.8) is 0 Å². The molecule has 1 rings (SSSR count). The van der Waals surface area contributed by atoms with Crippen LogP contribution >= 0.6 is 0 Å². The minimum absolute atomic E-state index is 0.287. The summed E-state index contributed by atoms with van der Waals surface area (Å²) < 4.78 is 17.2. The first-order valence-electron chi connectivity index (χ1n) is 4.19. The van der Waals surface area contributed by atoms with Gasteiger partial charge in [0.15, 0.2) is 0 Å². The Balaban J connectivity index is 1.98. The summed E-state index contributed by atoms with van der Waals surface area (Å²) in [6.07, 6.45) is 1.66. The lowest BCUT2D eigenvalue weighted by atomic mass is 10.5. The molecule has 2 nitrogen and oxygen atoms in total. The monoisotopic (exact) mass is 161 g/mol. The van der Waals surface area contributed by atoms with Crippen LogP contribution in [0.5, 0.6) is 0 Å². The number of halogens is 1. The van der Waals surface area contributed by atoms with Crippen molar-refractivity contribution in [2.75, 3.05) is 13.2 Å². The van der Waals surface area contributed by atoms with Crippen molar-refractivity contribution in [2.45, 2.75) is 38.5 Å². The Morgan fingerprint density at radius 2 is 2.36 bits per heavy atom. The third-order valence-corrected chi connectivity index (χ3v) is 1.68. The van der Waals surface area contributed by atoms with Crippen molar-refractivity contribution in [2.24, 2.45) is 0 Å². The third-order valence-electron chi connectivity index (χ3n) is 1.68. The Labute approximate surface area is 67.1 Å². The molecule has 3 heteroatoms. The van der Waals surface area contributed by atoms with Crippen LogP contribution in [0.3, 0.4) is 0 Å². The van der Waals surface area contributed by atoms with E-state index in [2.05, 4.69) is 5.32 Å². The van der Waals surface area contributed by atoms with E-state index in [1.54, 1.807) is 0 Å². The molecule has 66 valence electrons. The highest BCUT2D eigenvalue weighted by Gasteiger charge is 2.38. The van der Waals surface area contributed by atoms with Crippen LogP contribution in [0.25, 0.3) is 0 Å². The molecule has 1 fully saturated rings. The lowest BCUT2D eigenvalue weighted by molar-refractivity contribution is 0.0594. The molecule has 0 radical (unpaired) electrons. The molecule has 1 N–H and O–H groups in total. The first-order valence-corrected chi connectivity index (χ1v) is 4.19. The average Bonchev–Trinajstić information content (AvgIpc) is 2.62. The van der Waals surface area contributed by atoms with Gasteiger partial charge >= 0.3 is 0 Å². The maximum absolute atomic E-state index is 11.7. The molecule has 0 aromatic carbocycles. The summed E-state index contributed by atoms with van der Waals surface area (Å²) in [7, 11) is 0. The Hall–Kier alpha value is -0.150. The number of ether oxygens (including phenoxy) is 1. The van der Waals surface area contributed by atoms with Crippen molar-refractivity contribution >= 4 is 0 Å². The SMILES string of the molecule is CC(C)O[C@@H]1C[C@@H]1NCCF. The van der Waals surface area contributed by atoms with E-state index in [0.717, 1.165) is 6.42 Å². The van der Waals surface area contributed by atoms with Gasteiger partial charge in [-0.15, -0.1) is 0 Å². The highest BCUT2D eigenvalue weighted by molar-refractivity contribution is 4.95. The van der Waals surface area contributed by atoms with Crippen LogP contribution < -0.4 is 5.32 Å². The molecule has 1 saturated carbocycles. The first kappa shape index (κ1) is 8.94. The molecular weight excluding hydrogens is 145 g/mol. The van der Waals surface area contributed by atoms with Gasteiger partial charge in [0, 0.05) is 12.6 Å². The van der Waals surface area contributed by atoms with Gasteiger partial charge in [-0.2, -0.15) is 0 Å². The summed E-state index contributed by atoms with van der Waals surface area (Å²) in [5.41, 5.74) is 0. The van der Waals surface area contributed by atoms with Crippen molar-refractivity contribution < 1.29 is 9.13 Å². The fourth-order valence-corrected chi connectivity index (χ4v) is 1.13. The summed E-state index contributed by atoms with van der Waals surface area (Å²) in [4.78, 5) is 0. The second-order valence-electron chi connectivity index (χ2n) is 3.21. The van der Waals surface area contributed by atoms with Crippen LogP contribution in [0.1, 0.15) is 20.3 Å². The fraction of sp³-hybridized carbons (Fsp3) is 1.00. The molecule has 0 unspecified atom stereocenters. The van der Waals surface area contributed by atoms with E-state index in [1.165, 1.54) is 0 Å². The zero-order valence-corrected chi connectivity index (χ0v) is 7.14. The third kappa shape index (κ3) is 3.16. The Morgan fingerprint density at radius 1 is 1.64 bits per heavy atom. The maximum atomic E-state index is 11.7. The van der Waals surface area contributed by atoms with Crippen molar-refractivity contribution in [3.8, 4) is 0 Å². The average molecular weight is 161 g/mol. The van der Waals surface area contributed by atoms with Crippen LogP contribution in [0, 0.1) is 0 Å². The maximum Gasteiger partial charge on any atom is 0.102 e. The molecule has 0 amide bonds. The van der Waals surface area contributed by atoms with E-state index in [1.807, 2.05) is 13.8 Å². The molecule has 0 heterocycles. The largest absolute Gasteiger partial charge is 0.374 e. The van der Waals surface area contributed by atoms with E-state index in [4.69, 9.17) is 4.74 Å². The topological polar surface area (TPSA) is 21.3 Å². The minimum Gasteiger partial charge on any atom is -0.374 e. The first-order chi connectivity index (χ1) is 5.24. The van der Waals surface area contributed by atoms with Crippen LogP contribution in [-0.2, 0) is 4.74 Å². The molecule has 0 aromatic heterocycles. The van der Waals surface area contributed by atoms with E-state index in [-0.39, 0.29) is 12.8 Å². The van der Waals surface area contributed by atoms with Crippen LogP contribution in [-0.4, -0.2) is 31.5 Å². The predicted molar refractivity (Wildman–Crippen MR) is 42.4 cm³/mol. The van der Waals surface area contributed by atoms with Gasteiger partial charge in [-0.1, -0.05) is 0 Å².